The van der Waals surface area contributed by atoms with Crippen molar-refractivity contribution in [3.63, 3.8) is 0 Å². The molecule has 0 aliphatic carbocycles. The molecular formula is C10H11FN2O4S. The second-order valence-corrected chi connectivity index (χ2v) is 5.32. The summed E-state index contributed by atoms with van der Waals surface area (Å²) in [6.07, 6.45) is -0.887. The van der Waals surface area contributed by atoms with Crippen molar-refractivity contribution in [2.45, 2.75) is 6.54 Å². The third-order valence-electron chi connectivity index (χ3n) is 2.39. The number of benzene rings is 1. The van der Waals surface area contributed by atoms with Gasteiger partial charge in [-0.15, -0.1) is 0 Å². The van der Waals surface area contributed by atoms with Gasteiger partial charge in [0.25, 0.3) is 0 Å². The Balaban J connectivity index is 2.01. The van der Waals surface area contributed by atoms with Gasteiger partial charge in [0.1, 0.15) is 12.4 Å². The molecule has 0 spiro atoms. The maximum absolute atomic E-state index is 12.6. The van der Waals surface area contributed by atoms with Crippen LogP contribution in [0.3, 0.4) is 0 Å². The van der Waals surface area contributed by atoms with Gasteiger partial charge in [-0.25, -0.2) is 9.18 Å². The fourth-order valence-electron chi connectivity index (χ4n) is 1.45. The van der Waals surface area contributed by atoms with Gasteiger partial charge in [-0.1, -0.05) is 12.1 Å². The fourth-order valence-corrected chi connectivity index (χ4v) is 2.52. The molecule has 2 rings (SSSR count). The fraction of sp³-hybridized carbons (Fsp3) is 0.300. The first-order chi connectivity index (χ1) is 8.49. The number of nitrogens with zero attached hydrogens (tertiary/aromatic N) is 1. The number of nitrogens with one attached hydrogen (secondary N) is 1. The number of ether oxygens (including phenoxy) is 1. The summed E-state index contributed by atoms with van der Waals surface area (Å²) in [5, 5.41) is 0. The highest BCUT2D eigenvalue weighted by Gasteiger charge is 2.32. The summed E-state index contributed by atoms with van der Waals surface area (Å²) in [7, 11) is -3.90. The van der Waals surface area contributed by atoms with E-state index < -0.39 is 22.1 Å². The van der Waals surface area contributed by atoms with Crippen LogP contribution in [0.1, 0.15) is 5.56 Å². The van der Waals surface area contributed by atoms with Crippen LogP contribution in [0.15, 0.2) is 24.3 Å². The number of carbonyl (C=O) groups is 1. The lowest BCUT2D eigenvalue weighted by Crippen LogP contribution is -2.40. The molecular weight excluding hydrogens is 263 g/mol. The van der Waals surface area contributed by atoms with Gasteiger partial charge in [0.05, 0.1) is 6.54 Å². The van der Waals surface area contributed by atoms with Crippen molar-refractivity contribution in [2.75, 3.05) is 13.2 Å². The lowest BCUT2D eigenvalue weighted by Gasteiger charge is -2.14. The van der Waals surface area contributed by atoms with E-state index in [-0.39, 0.29) is 19.7 Å². The van der Waals surface area contributed by atoms with Crippen LogP contribution in [-0.4, -0.2) is 32.0 Å². The highest BCUT2D eigenvalue weighted by atomic mass is 32.2. The second-order valence-electron chi connectivity index (χ2n) is 3.64. The Labute approximate surface area is 104 Å². The highest BCUT2D eigenvalue weighted by molar-refractivity contribution is 7.87. The molecule has 0 radical (unpaired) electrons. The van der Waals surface area contributed by atoms with Crippen LogP contribution in [-0.2, 0) is 21.5 Å². The first-order valence-corrected chi connectivity index (χ1v) is 6.61. The Morgan fingerprint density at radius 3 is 2.56 bits per heavy atom. The number of halogens is 1. The quantitative estimate of drug-likeness (QED) is 0.873. The Hall–Kier alpha value is -1.67. The number of hydrogen-bond donors (Lipinski definition) is 1. The van der Waals surface area contributed by atoms with E-state index in [0.29, 0.717) is 9.87 Å². The van der Waals surface area contributed by atoms with Crippen LogP contribution >= 0.6 is 0 Å². The van der Waals surface area contributed by atoms with E-state index in [1.54, 1.807) is 0 Å². The molecule has 1 aromatic carbocycles. The monoisotopic (exact) mass is 274 g/mol. The zero-order valence-electron chi connectivity index (χ0n) is 9.30. The number of amides is 1. The van der Waals surface area contributed by atoms with Gasteiger partial charge in [0, 0.05) is 6.54 Å². The first-order valence-electron chi connectivity index (χ1n) is 5.17. The van der Waals surface area contributed by atoms with E-state index in [2.05, 4.69) is 9.46 Å². The van der Waals surface area contributed by atoms with E-state index in [1.807, 2.05) is 0 Å². The molecule has 0 saturated carbocycles. The van der Waals surface area contributed by atoms with E-state index in [9.17, 15) is 17.6 Å². The van der Waals surface area contributed by atoms with E-state index in [4.69, 9.17) is 0 Å². The second kappa shape index (κ2) is 4.91. The molecule has 0 atom stereocenters. The summed E-state index contributed by atoms with van der Waals surface area (Å²) < 4.78 is 43.5. The number of carbonyl (C=O) groups excluding carboxylic acids is 1. The van der Waals surface area contributed by atoms with Gasteiger partial charge in [-0.05, 0) is 17.7 Å². The Bertz CT molecular complexity index is 544. The van der Waals surface area contributed by atoms with Crippen molar-refractivity contribution in [1.82, 2.24) is 9.03 Å². The van der Waals surface area contributed by atoms with Gasteiger partial charge in [-0.2, -0.15) is 17.4 Å². The third kappa shape index (κ3) is 2.77. The van der Waals surface area contributed by atoms with Gasteiger partial charge < -0.3 is 4.74 Å². The van der Waals surface area contributed by atoms with Crippen molar-refractivity contribution in [3.05, 3.63) is 35.6 Å². The van der Waals surface area contributed by atoms with Crippen molar-refractivity contribution in [3.8, 4) is 0 Å². The van der Waals surface area contributed by atoms with Crippen LogP contribution in [0.4, 0.5) is 9.18 Å². The highest BCUT2D eigenvalue weighted by Crippen LogP contribution is 2.09. The molecule has 8 heteroatoms. The predicted molar refractivity (Wildman–Crippen MR) is 60.2 cm³/mol. The molecule has 1 aliphatic rings. The van der Waals surface area contributed by atoms with Crippen LogP contribution in [0.5, 0.6) is 0 Å². The molecule has 1 N–H and O–H groups in total. The smallest absolute Gasteiger partial charge is 0.424 e. The molecule has 1 amide bonds. The molecule has 1 aliphatic heterocycles. The minimum atomic E-state index is -3.90. The zero-order valence-corrected chi connectivity index (χ0v) is 10.1. The molecule has 98 valence electrons. The minimum absolute atomic E-state index is 0.00240. The predicted octanol–water partition coefficient (Wildman–Crippen LogP) is 0.612. The SMILES string of the molecule is O=C1OCCN1S(=O)(=O)NCc1ccc(F)cc1. The first kappa shape index (κ1) is 12.8. The maximum Gasteiger partial charge on any atom is 0.424 e. The molecule has 6 nitrogen and oxygen atoms in total. The Morgan fingerprint density at radius 1 is 1.33 bits per heavy atom. The van der Waals surface area contributed by atoms with Crippen molar-refractivity contribution >= 4 is 16.3 Å². The lowest BCUT2D eigenvalue weighted by molar-refractivity contribution is 0.169. The van der Waals surface area contributed by atoms with Gasteiger partial charge >= 0.3 is 16.3 Å². The third-order valence-corrected chi connectivity index (χ3v) is 3.81. The van der Waals surface area contributed by atoms with Gasteiger partial charge in [0.2, 0.25) is 0 Å². The topological polar surface area (TPSA) is 75.7 Å². The molecule has 1 aromatic rings. The Kier molecular flexibility index (Phi) is 3.48. The number of rotatable bonds is 4. The molecule has 0 aromatic heterocycles. The van der Waals surface area contributed by atoms with E-state index in [0.717, 1.165) is 0 Å². The summed E-state index contributed by atoms with van der Waals surface area (Å²) in [4.78, 5) is 11.1. The molecule has 0 unspecified atom stereocenters. The summed E-state index contributed by atoms with van der Waals surface area (Å²) in [5.74, 6) is -0.398. The summed E-state index contributed by atoms with van der Waals surface area (Å²) in [6.45, 7) is 0.0280. The van der Waals surface area contributed by atoms with E-state index in [1.165, 1.54) is 24.3 Å². The molecule has 1 saturated heterocycles. The summed E-state index contributed by atoms with van der Waals surface area (Å²) in [5.41, 5.74) is 0.590. The van der Waals surface area contributed by atoms with Crippen molar-refractivity contribution < 1.29 is 22.3 Å². The van der Waals surface area contributed by atoms with Gasteiger partial charge in [-0.3, -0.25) is 0 Å². The summed E-state index contributed by atoms with van der Waals surface area (Å²) >= 11 is 0. The lowest BCUT2D eigenvalue weighted by atomic mass is 10.2. The van der Waals surface area contributed by atoms with Crippen molar-refractivity contribution in [1.29, 1.82) is 0 Å². The zero-order chi connectivity index (χ0) is 13.2. The van der Waals surface area contributed by atoms with Crippen LogP contribution in [0, 0.1) is 5.82 Å². The standard InChI is InChI=1S/C10H11FN2O4S/c11-9-3-1-8(2-4-9)7-12-18(15,16)13-5-6-17-10(13)14/h1-4,12H,5-7H2. The number of hydrogen-bond acceptors (Lipinski definition) is 4. The van der Waals surface area contributed by atoms with E-state index >= 15 is 0 Å². The summed E-state index contributed by atoms with van der Waals surface area (Å²) in [6, 6.07) is 5.38. The average molecular weight is 274 g/mol. The number of cyclic esters (lactones) is 1. The van der Waals surface area contributed by atoms with Crippen LogP contribution in [0.25, 0.3) is 0 Å². The van der Waals surface area contributed by atoms with Crippen molar-refractivity contribution in [2.24, 2.45) is 0 Å². The molecule has 1 fully saturated rings. The molecule has 18 heavy (non-hydrogen) atoms. The maximum atomic E-state index is 12.6. The molecule has 0 bridgehead atoms. The van der Waals surface area contributed by atoms with Gasteiger partial charge in [0.15, 0.2) is 0 Å². The molecule has 1 heterocycles. The minimum Gasteiger partial charge on any atom is -0.447 e. The normalized spacial score (nSPS) is 15.8. The van der Waals surface area contributed by atoms with Crippen LogP contribution in [0.2, 0.25) is 0 Å². The van der Waals surface area contributed by atoms with Crippen LogP contribution < -0.4 is 4.72 Å². The largest absolute Gasteiger partial charge is 0.447 e. The average Bonchev–Trinajstić information content (AvgIpc) is 2.76. The Morgan fingerprint density at radius 2 is 2.00 bits per heavy atom.